The summed E-state index contributed by atoms with van der Waals surface area (Å²) >= 11 is 5.97. The average molecular weight is 296 g/mol. The number of fused-ring (bicyclic) bond motifs is 1. The first-order valence-corrected chi connectivity index (χ1v) is 6.97. The van der Waals surface area contributed by atoms with Crippen molar-refractivity contribution in [3.63, 3.8) is 0 Å². The standard InChI is InChI=1S/C14H18ClN3O2/c1-3-8(2)12-13(19)17-11-5-4-10(15)6-9(11)7-18(12)14(16)20/h4-6,8,12H,3,7H2,1-2H3,(H2,16,20)(H,17,19). The van der Waals surface area contributed by atoms with Crippen molar-refractivity contribution in [3.8, 4) is 0 Å². The van der Waals surface area contributed by atoms with Gasteiger partial charge in [0.25, 0.3) is 0 Å². The maximum atomic E-state index is 12.4. The van der Waals surface area contributed by atoms with Crippen LogP contribution in [0.15, 0.2) is 18.2 Å². The minimum absolute atomic E-state index is 0.0206. The first-order chi connectivity index (χ1) is 9.43. The van der Waals surface area contributed by atoms with Crippen molar-refractivity contribution in [1.29, 1.82) is 0 Å². The minimum Gasteiger partial charge on any atom is -0.351 e. The molecule has 2 atom stereocenters. The molecule has 0 bridgehead atoms. The molecule has 6 heteroatoms. The summed E-state index contributed by atoms with van der Waals surface area (Å²) in [7, 11) is 0. The summed E-state index contributed by atoms with van der Waals surface area (Å²) < 4.78 is 0. The summed E-state index contributed by atoms with van der Waals surface area (Å²) in [6, 6.07) is 4.03. The number of nitrogens with one attached hydrogen (secondary N) is 1. The monoisotopic (exact) mass is 295 g/mol. The van der Waals surface area contributed by atoms with E-state index < -0.39 is 12.1 Å². The Morgan fingerprint density at radius 1 is 1.60 bits per heavy atom. The number of primary amides is 1. The van der Waals surface area contributed by atoms with Crippen LogP contribution in [0.1, 0.15) is 25.8 Å². The van der Waals surface area contributed by atoms with Crippen LogP contribution >= 0.6 is 11.6 Å². The Morgan fingerprint density at radius 2 is 2.30 bits per heavy atom. The Morgan fingerprint density at radius 3 is 2.90 bits per heavy atom. The molecule has 0 spiro atoms. The normalized spacial score (nSPS) is 19.9. The van der Waals surface area contributed by atoms with E-state index in [1.54, 1.807) is 18.2 Å². The summed E-state index contributed by atoms with van der Waals surface area (Å²) in [6.07, 6.45) is 0.777. The summed E-state index contributed by atoms with van der Waals surface area (Å²) in [5.41, 5.74) is 6.92. The number of nitrogens with two attached hydrogens (primary N) is 1. The second kappa shape index (κ2) is 5.71. The molecule has 0 aromatic heterocycles. The van der Waals surface area contributed by atoms with E-state index in [0.717, 1.165) is 12.0 Å². The van der Waals surface area contributed by atoms with Gasteiger partial charge in [-0.3, -0.25) is 4.79 Å². The van der Waals surface area contributed by atoms with Gasteiger partial charge in [-0.15, -0.1) is 0 Å². The van der Waals surface area contributed by atoms with Gasteiger partial charge in [-0.25, -0.2) is 4.79 Å². The number of benzene rings is 1. The third-order valence-corrected chi connectivity index (χ3v) is 3.97. The molecular weight excluding hydrogens is 278 g/mol. The van der Waals surface area contributed by atoms with Crippen LogP contribution in [0.5, 0.6) is 0 Å². The van der Waals surface area contributed by atoms with Crippen LogP contribution in [0.4, 0.5) is 10.5 Å². The number of nitrogens with zero attached hydrogens (tertiary/aromatic N) is 1. The summed E-state index contributed by atoms with van der Waals surface area (Å²) in [4.78, 5) is 25.5. The second-order valence-corrected chi connectivity index (χ2v) is 5.52. The number of halogens is 1. The molecule has 2 unspecified atom stereocenters. The van der Waals surface area contributed by atoms with E-state index in [4.69, 9.17) is 17.3 Å². The van der Waals surface area contributed by atoms with Crippen molar-refractivity contribution in [2.75, 3.05) is 5.32 Å². The van der Waals surface area contributed by atoms with Crippen molar-refractivity contribution in [1.82, 2.24) is 4.90 Å². The Kier molecular flexibility index (Phi) is 4.18. The van der Waals surface area contributed by atoms with Gasteiger partial charge in [-0.05, 0) is 29.7 Å². The molecule has 20 heavy (non-hydrogen) atoms. The maximum absolute atomic E-state index is 12.4. The van der Waals surface area contributed by atoms with Gasteiger partial charge in [0, 0.05) is 10.7 Å². The van der Waals surface area contributed by atoms with Crippen LogP contribution in [0.25, 0.3) is 0 Å². The predicted molar refractivity (Wildman–Crippen MR) is 78.5 cm³/mol. The number of hydrogen-bond donors (Lipinski definition) is 2. The van der Waals surface area contributed by atoms with Crippen LogP contribution in [0, 0.1) is 5.92 Å². The molecule has 3 N–H and O–H groups in total. The summed E-state index contributed by atoms with van der Waals surface area (Å²) in [6.45, 7) is 4.19. The molecule has 1 aromatic rings. The highest BCUT2D eigenvalue weighted by atomic mass is 35.5. The molecule has 1 aromatic carbocycles. The zero-order valence-corrected chi connectivity index (χ0v) is 12.3. The van der Waals surface area contributed by atoms with E-state index in [2.05, 4.69) is 5.32 Å². The van der Waals surface area contributed by atoms with Gasteiger partial charge in [-0.2, -0.15) is 0 Å². The van der Waals surface area contributed by atoms with Crippen LogP contribution in [-0.4, -0.2) is 22.9 Å². The van der Waals surface area contributed by atoms with Gasteiger partial charge < -0.3 is 16.0 Å². The zero-order valence-electron chi connectivity index (χ0n) is 11.5. The van der Waals surface area contributed by atoms with Gasteiger partial charge >= 0.3 is 6.03 Å². The smallest absolute Gasteiger partial charge is 0.315 e. The van der Waals surface area contributed by atoms with Crippen molar-refractivity contribution in [3.05, 3.63) is 28.8 Å². The largest absolute Gasteiger partial charge is 0.351 e. The summed E-state index contributed by atoms with van der Waals surface area (Å²) in [5.74, 6) is -0.188. The number of amides is 3. The highest BCUT2D eigenvalue weighted by molar-refractivity contribution is 6.30. The van der Waals surface area contributed by atoms with E-state index in [0.29, 0.717) is 10.7 Å². The van der Waals surface area contributed by atoms with Gasteiger partial charge in [0.1, 0.15) is 6.04 Å². The average Bonchev–Trinajstić information content (AvgIpc) is 2.53. The minimum atomic E-state index is -0.599. The van der Waals surface area contributed by atoms with Gasteiger partial charge in [0.05, 0.1) is 6.54 Å². The zero-order chi connectivity index (χ0) is 14.9. The quantitative estimate of drug-likeness (QED) is 0.880. The molecule has 1 heterocycles. The van der Waals surface area contributed by atoms with Crippen LogP contribution in [0.2, 0.25) is 5.02 Å². The van der Waals surface area contributed by atoms with E-state index >= 15 is 0 Å². The van der Waals surface area contributed by atoms with Crippen molar-refractivity contribution in [2.24, 2.45) is 11.7 Å². The summed E-state index contributed by atoms with van der Waals surface area (Å²) in [5, 5.41) is 3.41. The molecule has 2 rings (SSSR count). The number of carbonyl (C=O) groups is 2. The first kappa shape index (κ1) is 14.7. The number of rotatable bonds is 2. The van der Waals surface area contributed by atoms with Crippen LogP contribution < -0.4 is 11.1 Å². The van der Waals surface area contributed by atoms with Crippen molar-refractivity contribution in [2.45, 2.75) is 32.9 Å². The highest BCUT2D eigenvalue weighted by Gasteiger charge is 2.35. The van der Waals surface area contributed by atoms with E-state index in [9.17, 15) is 9.59 Å². The number of anilines is 1. The number of carbonyl (C=O) groups excluding carboxylic acids is 2. The fourth-order valence-corrected chi connectivity index (χ4v) is 2.64. The maximum Gasteiger partial charge on any atom is 0.315 e. The van der Waals surface area contributed by atoms with Gasteiger partial charge in [0.15, 0.2) is 0 Å². The highest BCUT2D eigenvalue weighted by Crippen LogP contribution is 2.28. The molecule has 108 valence electrons. The lowest BCUT2D eigenvalue weighted by Crippen LogP contribution is -2.50. The molecule has 1 aliphatic rings. The topological polar surface area (TPSA) is 75.4 Å². The van der Waals surface area contributed by atoms with Crippen LogP contribution in [0.3, 0.4) is 0 Å². The molecule has 0 fully saturated rings. The Balaban J connectivity index is 2.45. The number of hydrogen-bond acceptors (Lipinski definition) is 2. The van der Waals surface area contributed by atoms with Gasteiger partial charge in [0.2, 0.25) is 5.91 Å². The Bertz CT molecular complexity index is 547. The van der Waals surface area contributed by atoms with Gasteiger partial charge in [-0.1, -0.05) is 31.9 Å². The molecule has 0 saturated carbocycles. The third-order valence-electron chi connectivity index (χ3n) is 3.74. The molecule has 1 aliphatic heterocycles. The molecule has 0 aliphatic carbocycles. The lowest BCUT2D eigenvalue weighted by Gasteiger charge is -2.30. The molecule has 0 saturated heterocycles. The lowest BCUT2D eigenvalue weighted by atomic mass is 9.97. The predicted octanol–water partition coefficient (Wildman–Crippen LogP) is 2.59. The molecular formula is C14H18ClN3O2. The fourth-order valence-electron chi connectivity index (χ4n) is 2.45. The van der Waals surface area contributed by atoms with E-state index in [1.807, 2.05) is 13.8 Å². The fraction of sp³-hybridized carbons (Fsp3) is 0.429. The Labute approximate surface area is 123 Å². The molecule has 0 radical (unpaired) electrons. The SMILES string of the molecule is CCC(C)C1C(=O)Nc2ccc(Cl)cc2CN1C(N)=O. The number of urea groups is 1. The Hall–Kier alpha value is -1.75. The third kappa shape index (κ3) is 2.72. The van der Waals surface area contributed by atoms with E-state index in [-0.39, 0.29) is 18.4 Å². The molecule has 5 nitrogen and oxygen atoms in total. The second-order valence-electron chi connectivity index (χ2n) is 5.09. The molecule has 3 amide bonds. The van der Waals surface area contributed by atoms with Crippen molar-refractivity contribution >= 4 is 29.2 Å². The first-order valence-electron chi connectivity index (χ1n) is 6.59. The lowest BCUT2D eigenvalue weighted by molar-refractivity contribution is -0.121. The van der Waals surface area contributed by atoms with E-state index in [1.165, 1.54) is 4.90 Å². The van der Waals surface area contributed by atoms with Crippen molar-refractivity contribution < 1.29 is 9.59 Å². The van der Waals surface area contributed by atoms with Crippen LogP contribution in [-0.2, 0) is 11.3 Å².